The fraction of sp³-hybridized carbons (Fsp3) is 0.462. The van der Waals surface area contributed by atoms with E-state index in [-0.39, 0.29) is 22.4 Å². The summed E-state index contributed by atoms with van der Waals surface area (Å²) in [5, 5.41) is 19.8. The van der Waals surface area contributed by atoms with Crippen LogP contribution in [0, 0.1) is 22.0 Å². The molecule has 1 aliphatic rings. The van der Waals surface area contributed by atoms with Crippen molar-refractivity contribution in [1.82, 2.24) is 4.90 Å². The Morgan fingerprint density at radius 1 is 1.53 bits per heavy atom. The SMILES string of the molecule is CC(C(=O)O)C1CN(Cc2ccccc2[N+](=O)[O-])C1. The van der Waals surface area contributed by atoms with Crippen molar-refractivity contribution in [1.29, 1.82) is 0 Å². The van der Waals surface area contributed by atoms with Crippen LogP contribution in [-0.2, 0) is 11.3 Å². The largest absolute Gasteiger partial charge is 0.481 e. The van der Waals surface area contributed by atoms with E-state index in [1.165, 1.54) is 6.07 Å². The molecule has 6 heteroatoms. The summed E-state index contributed by atoms with van der Waals surface area (Å²) in [4.78, 5) is 23.4. The molecule has 1 saturated heterocycles. The predicted molar refractivity (Wildman–Crippen MR) is 68.7 cm³/mol. The number of hydrogen-bond acceptors (Lipinski definition) is 4. The van der Waals surface area contributed by atoms with E-state index in [0.717, 1.165) is 0 Å². The summed E-state index contributed by atoms with van der Waals surface area (Å²) < 4.78 is 0. The number of carbonyl (C=O) groups is 1. The normalized spacial score (nSPS) is 17.7. The van der Waals surface area contributed by atoms with E-state index in [2.05, 4.69) is 0 Å². The van der Waals surface area contributed by atoms with Crippen LogP contribution in [0.1, 0.15) is 12.5 Å². The smallest absolute Gasteiger partial charge is 0.306 e. The molecule has 19 heavy (non-hydrogen) atoms. The molecule has 0 amide bonds. The Labute approximate surface area is 110 Å². The zero-order chi connectivity index (χ0) is 14.0. The number of rotatable bonds is 5. The van der Waals surface area contributed by atoms with Gasteiger partial charge in [0.05, 0.1) is 10.8 Å². The van der Waals surface area contributed by atoms with Gasteiger partial charge in [-0.3, -0.25) is 19.8 Å². The van der Waals surface area contributed by atoms with Crippen molar-refractivity contribution in [3.8, 4) is 0 Å². The van der Waals surface area contributed by atoms with Crippen molar-refractivity contribution < 1.29 is 14.8 Å². The second kappa shape index (κ2) is 5.36. The lowest BCUT2D eigenvalue weighted by Crippen LogP contribution is -2.50. The number of para-hydroxylation sites is 1. The average Bonchev–Trinajstić information content (AvgIpc) is 2.32. The van der Waals surface area contributed by atoms with Crippen LogP contribution in [0.4, 0.5) is 5.69 Å². The van der Waals surface area contributed by atoms with Gasteiger partial charge in [-0.2, -0.15) is 0 Å². The van der Waals surface area contributed by atoms with E-state index in [0.29, 0.717) is 25.2 Å². The topological polar surface area (TPSA) is 83.7 Å². The first-order valence-electron chi connectivity index (χ1n) is 6.16. The van der Waals surface area contributed by atoms with Gasteiger partial charge in [-0.15, -0.1) is 0 Å². The summed E-state index contributed by atoms with van der Waals surface area (Å²) in [6, 6.07) is 6.66. The van der Waals surface area contributed by atoms with Crippen LogP contribution in [-0.4, -0.2) is 34.0 Å². The van der Waals surface area contributed by atoms with Crippen molar-refractivity contribution in [3.63, 3.8) is 0 Å². The second-order valence-electron chi connectivity index (χ2n) is 4.97. The van der Waals surface area contributed by atoms with Crippen LogP contribution in [0.3, 0.4) is 0 Å². The van der Waals surface area contributed by atoms with Crippen molar-refractivity contribution in [2.75, 3.05) is 13.1 Å². The molecule has 0 aromatic heterocycles. The molecular weight excluding hydrogens is 248 g/mol. The van der Waals surface area contributed by atoms with Crippen molar-refractivity contribution in [2.24, 2.45) is 11.8 Å². The Morgan fingerprint density at radius 3 is 2.74 bits per heavy atom. The molecule has 0 radical (unpaired) electrons. The van der Waals surface area contributed by atoms with E-state index in [1.807, 2.05) is 4.90 Å². The summed E-state index contributed by atoms with van der Waals surface area (Å²) >= 11 is 0. The molecule has 0 saturated carbocycles. The summed E-state index contributed by atoms with van der Waals surface area (Å²) in [5.74, 6) is -1.00. The van der Waals surface area contributed by atoms with Gasteiger partial charge in [-0.25, -0.2) is 0 Å². The molecule has 1 heterocycles. The number of carboxylic acids is 1. The molecule has 0 spiro atoms. The molecular formula is C13H16N2O4. The highest BCUT2D eigenvalue weighted by Crippen LogP contribution is 2.28. The van der Waals surface area contributed by atoms with E-state index in [4.69, 9.17) is 5.11 Å². The van der Waals surface area contributed by atoms with Crippen LogP contribution < -0.4 is 0 Å². The average molecular weight is 264 g/mol. The zero-order valence-electron chi connectivity index (χ0n) is 10.7. The van der Waals surface area contributed by atoms with E-state index >= 15 is 0 Å². The van der Waals surface area contributed by atoms with Gasteiger partial charge in [-0.1, -0.05) is 25.1 Å². The molecule has 1 aromatic rings. The molecule has 1 aliphatic heterocycles. The summed E-state index contributed by atoms with van der Waals surface area (Å²) in [6.07, 6.45) is 0. The van der Waals surface area contributed by atoms with Crippen LogP contribution >= 0.6 is 0 Å². The Hall–Kier alpha value is -1.95. The lowest BCUT2D eigenvalue weighted by atomic mass is 9.87. The fourth-order valence-electron chi connectivity index (χ4n) is 2.32. The van der Waals surface area contributed by atoms with E-state index < -0.39 is 5.97 Å². The minimum atomic E-state index is -0.782. The minimum Gasteiger partial charge on any atom is -0.481 e. The van der Waals surface area contributed by atoms with Gasteiger partial charge >= 0.3 is 5.97 Å². The first kappa shape index (κ1) is 13.5. The minimum absolute atomic E-state index is 0.122. The lowest BCUT2D eigenvalue weighted by Gasteiger charge is -2.41. The van der Waals surface area contributed by atoms with Crippen molar-refractivity contribution in [3.05, 3.63) is 39.9 Å². The lowest BCUT2D eigenvalue weighted by molar-refractivity contribution is -0.385. The number of carboxylic acid groups (broad SMARTS) is 1. The van der Waals surface area contributed by atoms with Crippen LogP contribution in [0.5, 0.6) is 0 Å². The predicted octanol–water partition coefficient (Wildman–Crippen LogP) is 1.75. The summed E-state index contributed by atoms with van der Waals surface area (Å²) in [5.41, 5.74) is 0.797. The third-order valence-electron chi connectivity index (χ3n) is 3.66. The van der Waals surface area contributed by atoms with Crippen molar-refractivity contribution >= 4 is 11.7 Å². The Kier molecular flexibility index (Phi) is 3.80. The number of nitrogens with zero attached hydrogens (tertiary/aromatic N) is 2. The van der Waals surface area contributed by atoms with Gasteiger partial charge in [0.15, 0.2) is 0 Å². The highest BCUT2D eigenvalue weighted by atomic mass is 16.6. The summed E-state index contributed by atoms with van der Waals surface area (Å²) in [7, 11) is 0. The first-order chi connectivity index (χ1) is 8.99. The number of hydrogen-bond donors (Lipinski definition) is 1. The molecule has 0 bridgehead atoms. The van der Waals surface area contributed by atoms with E-state index in [9.17, 15) is 14.9 Å². The van der Waals surface area contributed by atoms with Gasteiger partial charge in [0, 0.05) is 31.3 Å². The molecule has 1 atom stereocenters. The Balaban J connectivity index is 1.95. The zero-order valence-corrected chi connectivity index (χ0v) is 10.7. The van der Waals surface area contributed by atoms with E-state index in [1.54, 1.807) is 25.1 Å². The fourth-order valence-corrected chi connectivity index (χ4v) is 2.32. The molecule has 1 unspecified atom stereocenters. The highest BCUT2D eigenvalue weighted by molar-refractivity contribution is 5.70. The molecule has 2 rings (SSSR count). The maximum Gasteiger partial charge on any atom is 0.306 e. The number of aliphatic carboxylic acids is 1. The Morgan fingerprint density at radius 2 is 2.16 bits per heavy atom. The molecule has 1 aromatic carbocycles. The van der Waals surface area contributed by atoms with Crippen molar-refractivity contribution in [2.45, 2.75) is 13.5 Å². The van der Waals surface area contributed by atoms with Crippen LogP contribution in [0.25, 0.3) is 0 Å². The molecule has 102 valence electrons. The Bertz CT molecular complexity index is 497. The van der Waals surface area contributed by atoms with Gasteiger partial charge in [0.1, 0.15) is 0 Å². The molecule has 1 fully saturated rings. The third-order valence-corrected chi connectivity index (χ3v) is 3.66. The number of nitro groups is 1. The first-order valence-corrected chi connectivity index (χ1v) is 6.16. The molecule has 0 aliphatic carbocycles. The molecule has 6 nitrogen and oxygen atoms in total. The number of likely N-dealkylation sites (tertiary alicyclic amines) is 1. The third kappa shape index (κ3) is 2.90. The number of benzene rings is 1. The van der Waals surface area contributed by atoms with Gasteiger partial charge in [-0.05, 0) is 5.92 Å². The number of nitro benzene ring substituents is 1. The maximum absolute atomic E-state index is 10.9. The van der Waals surface area contributed by atoms with Crippen LogP contribution in [0.15, 0.2) is 24.3 Å². The maximum atomic E-state index is 10.9. The summed E-state index contributed by atoms with van der Waals surface area (Å²) in [6.45, 7) is 3.56. The van der Waals surface area contributed by atoms with Gasteiger partial charge < -0.3 is 5.11 Å². The standard InChI is InChI=1S/C13H16N2O4/c1-9(13(16)17)11-7-14(8-11)6-10-4-2-3-5-12(10)15(18)19/h2-5,9,11H,6-8H2,1H3,(H,16,17). The highest BCUT2D eigenvalue weighted by Gasteiger charge is 2.35. The van der Waals surface area contributed by atoms with Gasteiger partial charge in [0.2, 0.25) is 0 Å². The second-order valence-corrected chi connectivity index (χ2v) is 4.97. The van der Waals surface area contributed by atoms with Gasteiger partial charge in [0.25, 0.3) is 5.69 Å². The monoisotopic (exact) mass is 264 g/mol. The van der Waals surface area contributed by atoms with Crippen LogP contribution in [0.2, 0.25) is 0 Å². The molecule has 1 N–H and O–H groups in total. The quantitative estimate of drug-likeness (QED) is 0.647.